The van der Waals surface area contributed by atoms with Gasteiger partial charge in [-0.25, -0.2) is 39.1 Å². The highest BCUT2D eigenvalue weighted by molar-refractivity contribution is 7.72. The summed E-state index contributed by atoms with van der Waals surface area (Å²) in [4.78, 5) is 106. The minimum absolute atomic E-state index is 0. The molecule has 502 valence electrons. The van der Waals surface area contributed by atoms with E-state index in [9.17, 15) is 38.4 Å². The third-order valence-corrected chi connectivity index (χ3v) is 17.7. The first-order valence-electron chi connectivity index (χ1n) is 29.9. The van der Waals surface area contributed by atoms with Crippen LogP contribution in [-0.4, -0.2) is 114 Å². The van der Waals surface area contributed by atoms with Crippen molar-refractivity contribution in [3.63, 3.8) is 0 Å². The van der Waals surface area contributed by atoms with E-state index >= 15 is 0 Å². The molecule has 3 aliphatic rings. The van der Waals surface area contributed by atoms with Gasteiger partial charge < -0.3 is 63.6 Å². The maximum atomic E-state index is 11.9. The molecule has 0 amide bonds. The van der Waals surface area contributed by atoms with E-state index in [1.807, 2.05) is 42.5 Å². The van der Waals surface area contributed by atoms with Gasteiger partial charge in [0.25, 0.3) is 0 Å². The number of benzene rings is 2. The summed E-state index contributed by atoms with van der Waals surface area (Å²) < 4.78 is 49.3. The van der Waals surface area contributed by atoms with Gasteiger partial charge in [0.15, 0.2) is 28.7 Å². The van der Waals surface area contributed by atoms with Crippen LogP contribution in [0.5, 0.6) is 0 Å². The van der Waals surface area contributed by atoms with E-state index in [0.717, 1.165) is 64.2 Å². The minimum atomic E-state index is -1.08. The summed E-state index contributed by atoms with van der Waals surface area (Å²) in [6.45, 7) is 5.17. The fourth-order valence-electron chi connectivity index (χ4n) is 9.57. The van der Waals surface area contributed by atoms with Crippen molar-refractivity contribution in [1.82, 2.24) is 19.9 Å². The van der Waals surface area contributed by atoms with Gasteiger partial charge in [0, 0.05) is 19.3 Å². The van der Waals surface area contributed by atoms with E-state index in [1.165, 1.54) is 69.7 Å². The molecule has 23 nitrogen and oxygen atoms in total. The van der Waals surface area contributed by atoms with Gasteiger partial charge in [0.05, 0.1) is 83.8 Å². The Kier molecular flexibility index (Phi) is 36.5. The summed E-state index contributed by atoms with van der Waals surface area (Å²) in [6.07, 6.45) is 21.0. The molecule has 4 heterocycles. The van der Waals surface area contributed by atoms with Gasteiger partial charge in [-0.3, -0.25) is 19.2 Å². The summed E-state index contributed by atoms with van der Waals surface area (Å²) in [5.74, 6) is -0.591. The monoisotopic (exact) mass is 1340 g/mol. The number of aliphatic carboxylic acids is 1. The smallest absolute Gasteiger partial charge is 0.360 e. The van der Waals surface area contributed by atoms with Crippen LogP contribution in [0, 0.1) is 23.7 Å². The van der Waals surface area contributed by atoms with E-state index < -0.39 is 37.8 Å². The molecule has 0 bridgehead atoms. The number of nitrogens with zero attached hydrogens (tertiary/aromatic N) is 4. The van der Waals surface area contributed by atoms with Crippen molar-refractivity contribution in [2.45, 2.75) is 142 Å². The molecule has 0 aliphatic heterocycles. The molecule has 3 aliphatic carbocycles. The Morgan fingerprint density at radius 1 is 0.554 bits per heavy atom. The fraction of sp³-hybridized carbons (Fsp3) is 0.485. The van der Waals surface area contributed by atoms with Gasteiger partial charge in [-0.15, -0.1) is 11.6 Å². The number of aromatic nitrogens is 4. The van der Waals surface area contributed by atoms with E-state index in [2.05, 4.69) is 77.0 Å². The Morgan fingerprint density at radius 3 is 1.38 bits per heavy atom. The summed E-state index contributed by atoms with van der Waals surface area (Å²) in [7, 11) is 4.13. The largest absolute Gasteiger partial charge is 1.00 e. The fourth-order valence-corrected chi connectivity index (χ4v) is 12.1. The number of carbonyl (C=O) groups excluding carboxylic acids is 7. The Balaban J connectivity index is 0.000000305. The van der Waals surface area contributed by atoms with Crippen molar-refractivity contribution in [3.05, 3.63) is 138 Å². The number of carboxylic acids is 1. The lowest BCUT2D eigenvalue weighted by Gasteiger charge is -2.24. The van der Waals surface area contributed by atoms with Gasteiger partial charge in [-0.2, -0.15) is 0 Å². The van der Waals surface area contributed by atoms with Crippen molar-refractivity contribution in [2.75, 3.05) is 41.7 Å². The van der Waals surface area contributed by atoms with Crippen molar-refractivity contribution >= 4 is 83.8 Å². The van der Waals surface area contributed by atoms with Crippen LogP contribution in [0.2, 0.25) is 0 Å². The second-order valence-electron chi connectivity index (χ2n) is 21.1. The SMILES string of the molecule is C.CCCCOC(=O)C1CCC(=Cc2nc(C(=O)OC)co2)CC1.CCCCOC(=O)C1CCC(=O)CC1.COC(=O)c1coc(CC2CCC(C(=O)O)CC2)n1.COC(=O)c1coc(CCl)n1.COC(=O)c1coc(C[PH+](c2ccccc2)c2ccccc2)n1.[Cl-]. The number of alkyl halides is 1. The predicted molar refractivity (Wildman–Crippen MR) is 337 cm³/mol. The zero-order valence-corrected chi connectivity index (χ0v) is 54.7. The zero-order chi connectivity index (χ0) is 65.2. The number of hydrogen-bond acceptors (Lipinski definition) is 22. The molecule has 0 atom stereocenters. The number of oxazole rings is 4. The van der Waals surface area contributed by atoms with Gasteiger partial charge in [0.2, 0.25) is 17.7 Å². The van der Waals surface area contributed by atoms with Crippen molar-refractivity contribution in [3.8, 4) is 0 Å². The molecule has 3 fully saturated rings. The number of esters is 6. The van der Waals surface area contributed by atoms with Crippen LogP contribution < -0.4 is 23.0 Å². The predicted octanol–water partition coefficient (Wildman–Crippen LogP) is 9.03. The third kappa shape index (κ3) is 26.7. The summed E-state index contributed by atoms with van der Waals surface area (Å²) in [6, 6.07) is 20.7. The van der Waals surface area contributed by atoms with Gasteiger partial charge in [0.1, 0.15) is 37.0 Å². The van der Waals surface area contributed by atoms with Crippen LogP contribution in [0.4, 0.5) is 0 Å². The molecule has 3 saturated carbocycles. The molecular weight excluding hydrogens is 1250 g/mol. The van der Waals surface area contributed by atoms with E-state index in [-0.39, 0.29) is 84.0 Å². The second kappa shape index (κ2) is 42.9. The number of ether oxygens (including phenoxy) is 6. The first-order valence-corrected chi connectivity index (χ1v) is 32.2. The van der Waals surface area contributed by atoms with Crippen LogP contribution in [0.15, 0.2) is 109 Å². The van der Waals surface area contributed by atoms with Gasteiger partial charge in [-0.1, -0.05) is 76.1 Å². The quantitative estimate of drug-likeness (QED) is 0.0231. The molecular formula is C66H85Cl2N4O19P. The molecule has 92 heavy (non-hydrogen) atoms. The Bertz CT molecular complexity index is 3170. The van der Waals surface area contributed by atoms with Crippen LogP contribution in [-0.2, 0) is 66.1 Å². The van der Waals surface area contributed by atoms with Crippen LogP contribution in [0.25, 0.3) is 6.08 Å². The topological polar surface area (TPSA) is 316 Å². The lowest BCUT2D eigenvalue weighted by atomic mass is 9.80. The molecule has 0 spiro atoms. The zero-order valence-electron chi connectivity index (χ0n) is 52.2. The van der Waals surface area contributed by atoms with Gasteiger partial charge >= 0.3 is 41.8 Å². The third-order valence-electron chi connectivity index (χ3n) is 14.8. The lowest BCUT2D eigenvalue weighted by Crippen LogP contribution is -3.00. The highest BCUT2D eigenvalue weighted by atomic mass is 35.5. The van der Waals surface area contributed by atoms with Crippen molar-refractivity contribution in [2.24, 2.45) is 23.7 Å². The average molecular weight is 1340 g/mol. The van der Waals surface area contributed by atoms with Crippen LogP contribution in [0.3, 0.4) is 0 Å². The molecule has 4 aromatic heterocycles. The number of allylic oxidation sites excluding steroid dienone is 1. The number of halogens is 2. The first-order chi connectivity index (χ1) is 43.5. The maximum absolute atomic E-state index is 11.9. The molecule has 0 saturated heterocycles. The normalized spacial score (nSPS) is 15.8. The van der Waals surface area contributed by atoms with Crippen LogP contribution >= 0.6 is 19.5 Å². The van der Waals surface area contributed by atoms with E-state index in [0.29, 0.717) is 93.8 Å². The Hall–Kier alpha value is -8.01. The molecule has 9 rings (SSSR count). The van der Waals surface area contributed by atoms with Crippen molar-refractivity contribution < 1.29 is 102 Å². The number of carboxylic acid groups (broad SMARTS) is 1. The first kappa shape index (κ1) is 78.2. The second-order valence-corrected chi connectivity index (χ2v) is 23.9. The number of methoxy groups -OCH3 is 4. The highest BCUT2D eigenvalue weighted by Crippen LogP contribution is 2.38. The number of ketones is 1. The van der Waals surface area contributed by atoms with E-state index in [1.54, 1.807) is 0 Å². The minimum Gasteiger partial charge on any atom is -1.00 e. The standard InChI is InChI=1S/C18H16NO3P.C17H23NO5.C13H17NO5.C11H18O3.C6H6ClNO3.CH4.ClH/c1-21-18(20)16-12-22-17(19-16)13-23(14-8-4-2-5-9-14)15-10-6-3-7-11-15;1-3-4-9-22-16(19)13-7-5-12(6-8-13)10-15-18-14(11-23-15)17(20)21-2;1-18-13(17)10-7-19-11(14-10)6-8-2-4-9(5-3-8)12(15)16;1-2-3-8-14-11(13)9-4-6-10(12)7-5-9;1-10-6(9)4-3-11-5(2-7)8-4;;/h2-12H,13H2,1H3;10-11,13H,3-9H2,1-2H3;7-9H,2-6H2,1H3,(H,15,16);9H,2-8H2,1H3;3H,2H2,1H3;1H4;1H. The van der Waals surface area contributed by atoms with Crippen LogP contribution in [0.1, 0.15) is 190 Å². The Morgan fingerprint density at radius 2 is 0.957 bits per heavy atom. The number of Topliss-reactive ketones (excluding diaryl/α,β-unsaturated/α-hetero) is 1. The molecule has 0 radical (unpaired) electrons. The molecule has 2 aromatic carbocycles. The molecule has 1 N–H and O–H groups in total. The summed E-state index contributed by atoms with van der Waals surface area (Å²) >= 11 is 5.38. The molecule has 0 unspecified atom stereocenters. The number of unbranched alkanes of at least 4 members (excludes halogenated alkanes) is 2. The summed E-state index contributed by atoms with van der Waals surface area (Å²) in [5, 5.41) is 11.5. The van der Waals surface area contributed by atoms with Crippen molar-refractivity contribution in [1.29, 1.82) is 0 Å². The van der Waals surface area contributed by atoms with Gasteiger partial charge in [-0.05, 0) is 113 Å². The molecule has 26 heteroatoms. The summed E-state index contributed by atoms with van der Waals surface area (Å²) in [5.41, 5.74) is 1.86. The number of carbonyl (C=O) groups is 8. The lowest BCUT2D eigenvalue weighted by molar-refractivity contribution is -0.150. The average Bonchev–Trinajstić information content (AvgIpc) is 4.23. The highest BCUT2D eigenvalue weighted by Gasteiger charge is 2.30. The number of hydrogen-bond donors (Lipinski definition) is 1. The van der Waals surface area contributed by atoms with E-state index in [4.69, 9.17) is 43.8 Å². The maximum Gasteiger partial charge on any atom is 0.360 e. The Labute approximate surface area is 548 Å². The number of rotatable bonds is 21. The molecule has 6 aromatic rings.